The fourth-order valence-electron chi connectivity index (χ4n) is 6.88. The fraction of sp³-hybridized carbons (Fsp3) is 0.400. The van der Waals surface area contributed by atoms with Gasteiger partial charge in [0.25, 0.3) is 0 Å². The van der Waals surface area contributed by atoms with Crippen molar-refractivity contribution in [1.82, 2.24) is 9.80 Å². The van der Waals surface area contributed by atoms with Crippen LogP contribution < -0.4 is 0 Å². The van der Waals surface area contributed by atoms with Gasteiger partial charge in [0, 0.05) is 31.5 Å². The molecule has 3 aliphatic rings. The Balaban J connectivity index is 1.61. The maximum absolute atomic E-state index is 4.83. The van der Waals surface area contributed by atoms with E-state index in [4.69, 9.17) is 6.58 Å². The predicted molar refractivity (Wildman–Crippen MR) is 181 cm³/mol. The number of rotatable bonds is 8. The van der Waals surface area contributed by atoms with Gasteiger partial charge in [-0.2, -0.15) is 0 Å². The summed E-state index contributed by atoms with van der Waals surface area (Å²) in [7, 11) is 2.15. The second-order valence-corrected chi connectivity index (χ2v) is 13.1. The third-order valence-electron chi connectivity index (χ3n) is 9.54. The summed E-state index contributed by atoms with van der Waals surface area (Å²) in [5, 5.41) is 0. The summed E-state index contributed by atoms with van der Waals surface area (Å²) in [6, 6.07) is 18.6. The quantitative estimate of drug-likeness (QED) is 0.318. The van der Waals surface area contributed by atoms with E-state index in [0.717, 1.165) is 56.7 Å². The van der Waals surface area contributed by atoms with Crippen molar-refractivity contribution in [3.8, 4) is 0 Å². The van der Waals surface area contributed by atoms with E-state index < -0.39 is 0 Å². The van der Waals surface area contributed by atoms with Crippen LogP contribution in [0.1, 0.15) is 68.2 Å². The zero-order valence-corrected chi connectivity index (χ0v) is 26.6. The van der Waals surface area contributed by atoms with Crippen LogP contribution in [-0.4, -0.2) is 36.5 Å². The predicted octanol–water partition coefficient (Wildman–Crippen LogP) is 9.49. The lowest BCUT2D eigenvalue weighted by Gasteiger charge is -2.42. The van der Waals surface area contributed by atoms with Crippen molar-refractivity contribution < 1.29 is 0 Å². The second-order valence-electron chi connectivity index (χ2n) is 13.1. The van der Waals surface area contributed by atoms with Crippen LogP contribution in [0.15, 0.2) is 115 Å². The molecule has 5 rings (SSSR count). The first-order valence-electron chi connectivity index (χ1n) is 16.0. The van der Waals surface area contributed by atoms with Crippen LogP contribution in [0.3, 0.4) is 0 Å². The third kappa shape index (κ3) is 6.75. The summed E-state index contributed by atoms with van der Waals surface area (Å²) in [6.45, 7) is 21.0. The van der Waals surface area contributed by atoms with Gasteiger partial charge in [0.15, 0.2) is 0 Å². The monoisotopic (exact) mass is 558 g/mol. The number of nitrogens with zero attached hydrogens (tertiary/aromatic N) is 2. The molecule has 0 saturated carbocycles. The highest BCUT2D eigenvalue weighted by Crippen LogP contribution is 2.47. The van der Waals surface area contributed by atoms with Gasteiger partial charge in [-0.1, -0.05) is 118 Å². The smallest absolute Gasteiger partial charge is 0.0573 e. The lowest BCUT2D eigenvalue weighted by atomic mass is 9.69. The normalized spacial score (nSPS) is 23.0. The summed E-state index contributed by atoms with van der Waals surface area (Å²) >= 11 is 0. The minimum absolute atomic E-state index is 0.325. The van der Waals surface area contributed by atoms with Crippen LogP contribution in [0.2, 0.25) is 0 Å². The summed E-state index contributed by atoms with van der Waals surface area (Å²) in [6.07, 6.45) is 16.6. The highest BCUT2D eigenvalue weighted by Gasteiger charge is 2.36. The van der Waals surface area contributed by atoms with E-state index in [0.29, 0.717) is 23.7 Å². The van der Waals surface area contributed by atoms with Gasteiger partial charge in [0.05, 0.1) is 6.54 Å². The Morgan fingerprint density at radius 3 is 2.33 bits per heavy atom. The number of allylic oxidation sites excluding steroid dienone is 8. The molecule has 42 heavy (non-hydrogen) atoms. The maximum atomic E-state index is 4.83. The molecule has 0 N–H and O–H groups in total. The SMILES string of the molecule is C=C1CN(C(=C)C2=CC(c3ccc(C)cc3)=CCC(c3ccc(CC(C)C)cc3)C2C2C=CC(CC)=CC2)CCN1C. The summed E-state index contributed by atoms with van der Waals surface area (Å²) in [5.41, 5.74) is 11.9. The van der Waals surface area contributed by atoms with Crippen molar-refractivity contribution in [2.75, 3.05) is 26.7 Å². The van der Waals surface area contributed by atoms with Gasteiger partial charge in [0.2, 0.25) is 0 Å². The minimum Gasteiger partial charge on any atom is -0.375 e. The van der Waals surface area contributed by atoms with Crippen molar-refractivity contribution in [3.63, 3.8) is 0 Å². The standard InChI is InChI=1S/C40H50N2/c1-8-32-11-19-36(20-12-32)40-38(35-17-13-33(14-18-35)25-28(2)3)22-21-37(34-15-9-29(4)10-16-34)26-39(40)31(6)42-24-23-41(7)30(5)27-42/h9-19,21,26,28,36,38,40H,5-6,8,20,22-25,27H2,1-4,7H3. The van der Waals surface area contributed by atoms with Crippen LogP contribution in [0.25, 0.3) is 5.57 Å². The van der Waals surface area contributed by atoms with Crippen LogP contribution in [0, 0.1) is 24.7 Å². The molecule has 3 atom stereocenters. The first-order chi connectivity index (χ1) is 20.2. The molecule has 0 radical (unpaired) electrons. The maximum Gasteiger partial charge on any atom is 0.0573 e. The summed E-state index contributed by atoms with van der Waals surface area (Å²) in [4.78, 5) is 4.75. The number of hydrogen-bond acceptors (Lipinski definition) is 2. The summed E-state index contributed by atoms with van der Waals surface area (Å²) < 4.78 is 0. The van der Waals surface area contributed by atoms with E-state index in [1.54, 1.807) is 0 Å². The molecule has 1 saturated heterocycles. The molecule has 0 spiro atoms. The van der Waals surface area contributed by atoms with Gasteiger partial charge in [-0.15, -0.1) is 0 Å². The molecule has 2 aromatic rings. The Hall–Kier alpha value is -3.52. The van der Waals surface area contributed by atoms with Crippen LogP contribution in [0.5, 0.6) is 0 Å². The number of likely N-dealkylation sites (N-methyl/N-ethyl adjacent to an activating group) is 1. The molecule has 2 heteroatoms. The van der Waals surface area contributed by atoms with Crippen molar-refractivity contribution in [2.45, 2.75) is 59.3 Å². The summed E-state index contributed by atoms with van der Waals surface area (Å²) in [5.74, 6) is 1.77. The first-order valence-corrected chi connectivity index (χ1v) is 16.0. The van der Waals surface area contributed by atoms with Gasteiger partial charge in [0.1, 0.15) is 0 Å². The van der Waals surface area contributed by atoms with Crippen molar-refractivity contribution in [3.05, 3.63) is 137 Å². The highest BCUT2D eigenvalue weighted by molar-refractivity contribution is 5.76. The van der Waals surface area contributed by atoms with Gasteiger partial charge < -0.3 is 9.80 Å². The highest BCUT2D eigenvalue weighted by atomic mass is 15.3. The lowest BCUT2D eigenvalue weighted by Crippen LogP contribution is -2.43. The molecule has 3 unspecified atom stereocenters. The molecular formula is C40H50N2. The van der Waals surface area contributed by atoms with E-state index in [9.17, 15) is 0 Å². The fourth-order valence-corrected chi connectivity index (χ4v) is 6.88. The first kappa shape index (κ1) is 30.0. The van der Waals surface area contributed by atoms with Crippen LogP contribution >= 0.6 is 0 Å². The average Bonchev–Trinajstić information content (AvgIpc) is 3.19. The molecule has 1 heterocycles. The van der Waals surface area contributed by atoms with E-state index in [1.165, 1.54) is 39.0 Å². The van der Waals surface area contributed by atoms with Crippen molar-refractivity contribution in [1.29, 1.82) is 0 Å². The number of piperazine rings is 1. The molecule has 1 fully saturated rings. The second kappa shape index (κ2) is 13.2. The molecular weight excluding hydrogens is 508 g/mol. The third-order valence-corrected chi connectivity index (χ3v) is 9.54. The molecule has 2 aromatic carbocycles. The molecule has 1 aliphatic heterocycles. The zero-order chi connectivity index (χ0) is 29.8. The topological polar surface area (TPSA) is 6.48 Å². The van der Waals surface area contributed by atoms with Crippen molar-refractivity contribution in [2.24, 2.45) is 17.8 Å². The van der Waals surface area contributed by atoms with E-state index >= 15 is 0 Å². The largest absolute Gasteiger partial charge is 0.375 e. The zero-order valence-electron chi connectivity index (χ0n) is 26.6. The van der Waals surface area contributed by atoms with Gasteiger partial charge >= 0.3 is 0 Å². The van der Waals surface area contributed by atoms with E-state index in [-0.39, 0.29) is 0 Å². The average molecular weight is 559 g/mol. The molecule has 2 nitrogen and oxygen atoms in total. The van der Waals surface area contributed by atoms with Gasteiger partial charge in [-0.25, -0.2) is 0 Å². The van der Waals surface area contributed by atoms with E-state index in [1.807, 2.05) is 0 Å². The Kier molecular flexibility index (Phi) is 9.41. The lowest BCUT2D eigenvalue weighted by molar-refractivity contribution is 0.233. The van der Waals surface area contributed by atoms with Gasteiger partial charge in [-0.3, -0.25) is 0 Å². The Morgan fingerprint density at radius 1 is 0.976 bits per heavy atom. The number of aryl methyl sites for hydroxylation is 1. The van der Waals surface area contributed by atoms with Crippen LogP contribution in [0.4, 0.5) is 0 Å². The Morgan fingerprint density at radius 2 is 1.71 bits per heavy atom. The molecule has 0 aromatic heterocycles. The Labute approximate surface area is 255 Å². The van der Waals surface area contributed by atoms with Crippen molar-refractivity contribution >= 4 is 5.57 Å². The molecule has 220 valence electrons. The number of benzene rings is 2. The minimum atomic E-state index is 0.325. The van der Waals surface area contributed by atoms with Gasteiger partial charge in [-0.05, 0) is 90.2 Å². The molecule has 0 bridgehead atoms. The Bertz CT molecular complexity index is 1400. The molecule has 2 aliphatic carbocycles. The molecule has 0 amide bonds. The van der Waals surface area contributed by atoms with E-state index in [2.05, 4.69) is 130 Å². The van der Waals surface area contributed by atoms with Crippen LogP contribution in [-0.2, 0) is 6.42 Å². The number of hydrogen-bond donors (Lipinski definition) is 0.